The quantitative estimate of drug-likeness (QED) is 0.518. The minimum absolute atomic E-state index is 0.202. The molecule has 0 bridgehead atoms. The van der Waals surface area contributed by atoms with E-state index in [-0.39, 0.29) is 12.1 Å². The topological polar surface area (TPSA) is 123 Å². The fourth-order valence-electron chi connectivity index (χ4n) is 4.01. The van der Waals surface area contributed by atoms with Gasteiger partial charge in [0.1, 0.15) is 11.8 Å². The molecule has 0 radical (unpaired) electrons. The Morgan fingerprint density at radius 2 is 2.03 bits per heavy atom. The van der Waals surface area contributed by atoms with E-state index in [1.165, 1.54) is 0 Å². The first-order valence-corrected chi connectivity index (χ1v) is 9.88. The van der Waals surface area contributed by atoms with Gasteiger partial charge in [-0.2, -0.15) is 15.5 Å². The first kappa shape index (κ1) is 20.3. The summed E-state index contributed by atoms with van der Waals surface area (Å²) in [6, 6.07) is 11.6. The Balaban J connectivity index is 1.99. The van der Waals surface area contributed by atoms with Crippen LogP contribution in [0.5, 0.6) is 5.75 Å². The molecule has 0 atom stereocenters. The normalized spacial score (nSPS) is 10.9. The molecule has 0 aliphatic rings. The summed E-state index contributed by atoms with van der Waals surface area (Å²) in [4.78, 5) is 12.2. The molecule has 0 aliphatic carbocycles. The Morgan fingerprint density at radius 3 is 2.71 bits per heavy atom. The van der Waals surface area contributed by atoms with Crippen molar-refractivity contribution in [1.82, 2.24) is 20.0 Å². The van der Waals surface area contributed by atoms with Crippen molar-refractivity contribution in [2.75, 3.05) is 7.11 Å². The maximum absolute atomic E-state index is 12.2. The zero-order valence-corrected chi connectivity index (χ0v) is 17.6. The van der Waals surface area contributed by atoms with E-state index in [1.54, 1.807) is 24.1 Å². The standard InChI is InChI=1S/C23H22N6O2/c1-4-14-18(10-24)15(7-8-21(14)31-3)22-19(12-26-29(22)2)13-5-6-16-17(9-13)20(11-25)27-28-23(16)30/h5-9,12H,4,11,25H2,1-3H3,(H,28,30). The number of hydrogen-bond donors (Lipinski definition) is 2. The number of ether oxygens (including phenoxy) is 1. The van der Waals surface area contributed by atoms with Gasteiger partial charge >= 0.3 is 0 Å². The average Bonchev–Trinajstić information content (AvgIpc) is 3.19. The van der Waals surface area contributed by atoms with Crippen LogP contribution in [-0.2, 0) is 20.0 Å². The average molecular weight is 414 g/mol. The van der Waals surface area contributed by atoms with Crippen LogP contribution in [0.4, 0.5) is 0 Å². The van der Waals surface area contributed by atoms with Gasteiger partial charge in [-0.15, -0.1) is 0 Å². The van der Waals surface area contributed by atoms with E-state index in [0.717, 1.165) is 27.9 Å². The van der Waals surface area contributed by atoms with E-state index in [1.807, 2.05) is 38.2 Å². The molecule has 4 rings (SSSR count). The second kappa shape index (κ2) is 8.05. The number of rotatable bonds is 5. The van der Waals surface area contributed by atoms with Crippen molar-refractivity contribution in [3.63, 3.8) is 0 Å². The molecule has 2 aromatic carbocycles. The fourth-order valence-corrected chi connectivity index (χ4v) is 4.01. The number of nitrogens with one attached hydrogen (secondary N) is 1. The van der Waals surface area contributed by atoms with Crippen LogP contribution in [0.3, 0.4) is 0 Å². The lowest BCUT2D eigenvalue weighted by Gasteiger charge is -2.15. The number of aromatic amines is 1. The van der Waals surface area contributed by atoms with Crippen molar-refractivity contribution in [2.45, 2.75) is 19.9 Å². The molecule has 0 amide bonds. The molecule has 4 aromatic rings. The minimum atomic E-state index is -0.264. The predicted molar refractivity (Wildman–Crippen MR) is 119 cm³/mol. The second-order valence-electron chi connectivity index (χ2n) is 7.13. The van der Waals surface area contributed by atoms with Crippen LogP contribution in [0.1, 0.15) is 23.7 Å². The van der Waals surface area contributed by atoms with Gasteiger partial charge in [0.05, 0.1) is 35.6 Å². The highest BCUT2D eigenvalue weighted by atomic mass is 16.5. The Labute approximate surface area is 178 Å². The zero-order chi connectivity index (χ0) is 22.1. The van der Waals surface area contributed by atoms with E-state index in [9.17, 15) is 10.1 Å². The highest BCUT2D eigenvalue weighted by molar-refractivity contribution is 5.92. The molecular formula is C23H22N6O2. The highest BCUT2D eigenvalue weighted by Crippen LogP contribution is 2.38. The molecule has 156 valence electrons. The fraction of sp³-hybridized carbons (Fsp3) is 0.217. The van der Waals surface area contributed by atoms with Gasteiger partial charge in [-0.3, -0.25) is 9.48 Å². The second-order valence-corrected chi connectivity index (χ2v) is 7.13. The summed E-state index contributed by atoms with van der Waals surface area (Å²) >= 11 is 0. The number of nitriles is 1. The summed E-state index contributed by atoms with van der Waals surface area (Å²) in [5, 5.41) is 22.2. The summed E-state index contributed by atoms with van der Waals surface area (Å²) in [5.41, 5.74) is 10.9. The lowest BCUT2D eigenvalue weighted by molar-refractivity contribution is 0.410. The van der Waals surface area contributed by atoms with Gasteiger partial charge in [0.2, 0.25) is 0 Å². The number of H-pyrrole nitrogens is 1. The summed E-state index contributed by atoms with van der Waals surface area (Å²) in [5.74, 6) is 0.690. The van der Waals surface area contributed by atoms with Crippen LogP contribution in [0.15, 0.2) is 41.3 Å². The lowest BCUT2D eigenvalue weighted by Crippen LogP contribution is -2.13. The molecule has 0 saturated heterocycles. The van der Waals surface area contributed by atoms with Crippen LogP contribution in [-0.4, -0.2) is 27.1 Å². The maximum Gasteiger partial charge on any atom is 0.272 e. The third-order valence-corrected chi connectivity index (χ3v) is 5.52. The molecule has 8 nitrogen and oxygen atoms in total. The van der Waals surface area contributed by atoms with Gasteiger partial charge in [-0.25, -0.2) is 5.10 Å². The molecule has 31 heavy (non-hydrogen) atoms. The molecular weight excluding hydrogens is 392 g/mol. The van der Waals surface area contributed by atoms with E-state index in [4.69, 9.17) is 10.5 Å². The van der Waals surface area contributed by atoms with Crippen molar-refractivity contribution >= 4 is 10.8 Å². The van der Waals surface area contributed by atoms with Crippen LogP contribution in [0.25, 0.3) is 33.2 Å². The van der Waals surface area contributed by atoms with Crippen LogP contribution < -0.4 is 16.0 Å². The molecule has 8 heteroatoms. The van der Waals surface area contributed by atoms with E-state index < -0.39 is 0 Å². The van der Waals surface area contributed by atoms with Crippen molar-refractivity contribution in [2.24, 2.45) is 12.8 Å². The Bertz CT molecular complexity index is 1390. The molecule has 2 heterocycles. The van der Waals surface area contributed by atoms with Crippen molar-refractivity contribution in [3.05, 3.63) is 63.7 Å². The molecule has 0 aliphatic heterocycles. The third kappa shape index (κ3) is 3.25. The molecule has 2 aromatic heterocycles. The Morgan fingerprint density at radius 1 is 1.23 bits per heavy atom. The Hall–Kier alpha value is -3.96. The summed E-state index contributed by atoms with van der Waals surface area (Å²) in [7, 11) is 3.44. The smallest absolute Gasteiger partial charge is 0.272 e. The first-order chi connectivity index (χ1) is 15.0. The van der Waals surface area contributed by atoms with Gasteiger partial charge in [0.15, 0.2) is 0 Å². The number of benzene rings is 2. The number of aromatic nitrogens is 4. The molecule has 0 saturated carbocycles. The van der Waals surface area contributed by atoms with Gasteiger partial charge in [-0.1, -0.05) is 13.0 Å². The number of methoxy groups -OCH3 is 1. The third-order valence-electron chi connectivity index (χ3n) is 5.52. The lowest BCUT2D eigenvalue weighted by atomic mass is 9.93. The van der Waals surface area contributed by atoms with Crippen LogP contribution >= 0.6 is 0 Å². The van der Waals surface area contributed by atoms with Gasteiger partial charge in [0.25, 0.3) is 5.56 Å². The van der Waals surface area contributed by atoms with Crippen molar-refractivity contribution in [3.8, 4) is 34.2 Å². The molecule has 0 spiro atoms. The molecule has 3 N–H and O–H groups in total. The highest BCUT2D eigenvalue weighted by Gasteiger charge is 2.20. The number of nitrogens with zero attached hydrogens (tertiary/aromatic N) is 4. The van der Waals surface area contributed by atoms with Gasteiger partial charge < -0.3 is 10.5 Å². The number of fused-ring (bicyclic) bond motifs is 1. The van der Waals surface area contributed by atoms with Crippen LogP contribution in [0, 0.1) is 11.3 Å². The zero-order valence-electron chi connectivity index (χ0n) is 17.6. The first-order valence-electron chi connectivity index (χ1n) is 9.88. The summed E-state index contributed by atoms with van der Waals surface area (Å²) < 4.78 is 7.21. The number of aryl methyl sites for hydroxylation is 1. The van der Waals surface area contributed by atoms with Crippen LogP contribution in [0.2, 0.25) is 0 Å². The van der Waals surface area contributed by atoms with Crippen molar-refractivity contribution in [1.29, 1.82) is 5.26 Å². The van der Waals surface area contributed by atoms with E-state index in [2.05, 4.69) is 21.4 Å². The monoisotopic (exact) mass is 414 g/mol. The Kier molecular flexibility index (Phi) is 5.28. The molecule has 0 unspecified atom stereocenters. The van der Waals surface area contributed by atoms with E-state index in [0.29, 0.717) is 34.2 Å². The number of hydrogen-bond acceptors (Lipinski definition) is 6. The SMILES string of the molecule is CCc1c(OC)ccc(-c2c(-c3ccc4c(=O)[nH]nc(CN)c4c3)cnn2C)c1C#N. The maximum atomic E-state index is 12.2. The molecule has 0 fully saturated rings. The van der Waals surface area contributed by atoms with Crippen molar-refractivity contribution < 1.29 is 4.74 Å². The minimum Gasteiger partial charge on any atom is -0.496 e. The summed E-state index contributed by atoms with van der Waals surface area (Å²) in [6.07, 6.45) is 2.42. The van der Waals surface area contributed by atoms with E-state index >= 15 is 0 Å². The number of nitrogens with two attached hydrogens (primary N) is 1. The largest absolute Gasteiger partial charge is 0.496 e. The predicted octanol–water partition coefficient (Wildman–Crippen LogP) is 2.89. The summed E-state index contributed by atoms with van der Waals surface area (Å²) in [6.45, 7) is 2.20. The van der Waals surface area contributed by atoms with Gasteiger partial charge in [-0.05, 0) is 36.2 Å². The van der Waals surface area contributed by atoms with Gasteiger partial charge in [0, 0.05) is 35.7 Å².